The molecule has 2 aromatic carbocycles. The van der Waals surface area contributed by atoms with Gasteiger partial charge in [0, 0.05) is 30.8 Å². The third kappa shape index (κ3) is 4.25. The highest BCUT2D eigenvalue weighted by atomic mass is 35.5. The number of ether oxygens (including phenoxy) is 1. The van der Waals surface area contributed by atoms with Crippen molar-refractivity contribution < 1.29 is 9.84 Å². The highest BCUT2D eigenvalue weighted by molar-refractivity contribution is 6.30. The van der Waals surface area contributed by atoms with Crippen molar-refractivity contribution in [3.8, 4) is 11.4 Å². The number of fused-ring (bicyclic) bond motifs is 1. The molecule has 0 radical (unpaired) electrons. The van der Waals surface area contributed by atoms with Crippen LogP contribution in [-0.2, 0) is 20.1 Å². The number of hydrogen-bond donors (Lipinski definition) is 1. The first-order chi connectivity index (χ1) is 14.4. The average molecular weight is 424 g/mol. The molecule has 0 bridgehead atoms. The predicted molar refractivity (Wildman–Crippen MR) is 117 cm³/mol. The van der Waals surface area contributed by atoms with Gasteiger partial charge in [-0.3, -0.25) is 9.36 Å². The summed E-state index contributed by atoms with van der Waals surface area (Å²) in [5.74, 6) is 1.31. The van der Waals surface area contributed by atoms with E-state index in [0.29, 0.717) is 23.8 Å². The van der Waals surface area contributed by atoms with Crippen LogP contribution in [0.5, 0.6) is 5.75 Å². The van der Waals surface area contributed by atoms with E-state index < -0.39 is 6.10 Å². The Labute approximate surface area is 178 Å². The summed E-state index contributed by atoms with van der Waals surface area (Å²) in [6.07, 6.45) is 1.71. The fourth-order valence-corrected chi connectivity index (χ4v) is 3.46. The molecule has 0 saturated carbocycles. The van der Waals surface area contributed by atoms with Crippen LogP contribution in [0.4, 0.5) is 0 Å². The smallest absolute Gasteiger partial charge is 0.258 e. The van der Waals surface area contributed by atoms with Gasteiger partial charge >= 0.3 is 0 Å². The summed E-state index contributed by atoms with van der Waals surface area (Å²) in [5, 5.41) is 10.3. The molecule has 1 N–H and O–H groups in total. The number of aromatic nitrogens is 3. The fraction of sp³-hybridized carbons (Fsp3) is 0.217. The summed E-state index contributed by atoms with van der Waals surface area (Å²) in [4.78, 5) is 17.2. The summed E-state index contributed by atoms with van der Waals surface area (Å²) >= 11 is 5.89. The molecule has 7 heteroatoms. The van der Waals surface area contributed by atoms with Gasteiger partial charge in [0.1, 0.15) is 18.2 Å². The molecule has 0 spiro atoms. The molecule has 0 saturated heterocycles. The van der Waals surface area contributed by atoms with Crippen LogP contribution < -0.4 is 10.3 Å². The second-order valence-electron chi connectivity index (χ2n) is 7.30. The number of hydrogen-bond acceptors (Lipinski definition) is 4. The first-order valence-electron chi connectivity index (χ1n) is 9.64. The zero-order chi connectivity index (χ0) is 21.3. The summed E-state index contributed by atoms with van der Waals surface area (Å²) in [5.41, 5.74) is 3.25. The Morgan fingerprint density at radius 2 is 1.90 bits per heavy atom. The minimum Gasteiger partial charge on any atom is -0.489 e. The van der Waals surface area contributed by atoms with Crippen molar-refractivity contribution in [1.82, 2.24) is 14.1 Å². The molecule has 2 heterocycles. The lowest BCUT2D eigenvalue weighted by molar-refractivity contribution is 0.192. The molecule has 154 valence electrons. The Balaban J connectivity index is 1.57. The van der Waals surface area contributed by atoms with E-state index in [2.05, 4.69) is 4.98 Å². The molecule has 6 nitrogen and oxygen atoms in total. The van der Waals surface area contributed by atoms with Crippen LogP contribution in [0, 0.1) is 0 Å². The van der Waals surface area contributed by atoms with Gasteiger partial charge < -0.3 is 14.4 Å². The Kier molecular flexibility index (Phi) is 5.61. The maximum absolute atomic E-state index is 12.7. The van der Waals surface area contributed by atoms with E-state index in [1.807, 2.05) is 41.9 Å². The van der Waals surface area contributed by atoms with Crippen molar-refractivity contribution in [2.24, 2.45) is 7.05 Å². The summed E-state index contributed by atoms with van der Waals surface area (Å²) < 4.78 is 9.25. The molecule has 30 heavy (non-hydrogen) atoms. The highest BCUT2D eigenvalue weighted by Gasteiger charge is 2.12. The maximum atomic E-state index is 12.7. The van der Waals surface area contributed by atoms with Gasteiger partial charge in [-0.25, -0.2) is 4.98 Å². The number of aliphatic hydroxyl groups is 1. The van der Waals surface area contributed by atoms with Gasteiger partial charge in [-0.05, 0) is 48.9 Å². The average Bonchev–Trinajstić information content (AvgIpc) is 3.02. The fourth-order valence-electron chi connectivity index (χ4n) is 3.34. The van der Waals surface area contributed by atoms with Crippen LogP contribution in [0.1, 0.15) is 18.3 Å². The van der Waals surface area contributed by atoms with Crippen molar-refractivity contribution in [1.29, 1.82) is 0 Å². The number of aliphatic hydroxyl groups excluding tert-OH is 1. The molecule has 0 aliphatic carbocycles. The summed E-state index contributed by atoms with van der Waals surface area (Å²) in [7, 11) is 1.91. The lowest BCUT2D eigenvalue weighted by Gasteiger charge is -2.10. The molecule has 0 aliphatic rings. The van der Waals surface area contributed by atoms with Gasteiger partial charge in [0.05, 0.1) is 22.8 Å². The van der Waals surface area contributed by atoms with Crippen molar-refractivity contribution in [2.45, 2.75) is 26.1 Å². The number of halogens is 1. The zero-order valence-corrected chi connectivity index (χ0v) is 17.5. The molecule has 4 aromatic rings. The Morgan fingerprint density at radius 3 is 2.60 bits per heavy atom. The third-order valence-corrected chi connectivity index (χ3v) is 5.17. The predicted octanol–water partition coefficient (Wildman–Crippen LogP) is 3.88. The van der Waals surface area contributed by atoms with E-state index >= 15 is 0 Å². The van der Waals surface area contributed by atoms with E-state index in [4.69, 9.17) is 16.3 Å². The van der Waals surface area contributed by atoms with Crippen molar-refractivity contribution in [3.63, 3.8) is 0 Å². The van der Waals surface area contributed by atoms with Crippen LogP contribution in [0.25, 0.3) is 16.7 Å². The number of benzene rings is 2. The van der Waals surface area contributed by atoms with Crippen molar-refractivity contribution >= 4 is 22.6 Å². The number of imidazole rings is 1. The van der Waals surface area contributed by atoms with Crippen LogP contribution in [0.2, 0.25) is 5.02 Å². The van der Waals surface area contributed by atoms with E-state index in [-0.39, 0.29) is 5.56 Å². The number of pyridine rings is 1. The highest BCUT2D eigenvalue weighted by Crippen LogP contribution is 2.20. The Morgan fingerprint density at radius 1 is 1.13 bits per heavy atom. The standard InChI is InChI=1S/C23H22ClN3O3/c1-15(28)11-22-25-20-8-7-18(12-21(20)26(22)2)27-10-9-19(13-23(27)29)30-14-16-3-5-17(24)6-4-16/h3-10,12-13,15,28H,11,14H2,1-2H3. The largest absolute Gasteiger partial charge is 0.489 e. The quantitative estimate of drug-likeness (QED) is 0.511. The van der Waals surface area contributed by atoms with Gasteiger partial charge in [0.25, 0.3) is 5.56 Å². The van der Waals surface area contributed by atoms with E-state index in [1.165, 1.54) is 6.07 Å². The molecular formula is C23H22ClN3O3. The Bertz CT molecular complexity index is 1240. The van der Waals surface area contributed by atoms with Crippen LogP contribution in [0.3, 0.4) is 0 Å². The molecule has 4 rings (SSSR count). The summed E-state index contributed by atoms with van der Waals surface area (Å²) in [6, 6.07) is 16.3. The lowest BCUT2D eigenvalue weighted by atomic mass is 10.2. The third-order valence-electron chi connectivity index (χ3n) is 4.92. The monoisotopic (exact) mass is 423 g/mol. The topological polar surface area (TPSA) is 69.3 Å². The zero-order valence-electron chi connectivity index (χ0n) is 16.7. The van der Waals surface area contributed by atoms with Crippen molar-refractivity contribution in [2.75, 3.05) is 0 Å². The van der Waals surface area contributed by atoms with Gasteiger partial charge in [0.2, 0.25) is 0 Å². The molecule has 1 unspecified atom stereocenters. The molecule has 0 fully saturated rings. The summed E-state index contributed by atoms with van der Waals surface area (Å²) in [6.45, 7) is 2.09. The molecular weight excluding hydrogens is 402 g/mol. The second kappa shape index (κ2) is 8.34. The first-order valence-corrected chi connectivity index (χ1v) is 10.0. The Hall–Kier alpha value is -3.09. The molecule has 1 atom stereocenters. The van der Waals surface area contributed by atoms with Gasteiger partial charge in [-0.2, -0.15) is 0 Å². The van der Waals surface area contributed by atoms with E-state index in [9.17, 15) is 9.90 Å². The molecule has 2 aromatic heterocycles. The van der Waals surface area contributed by atoms with Crippen molar-refractivity contribution in [3.05, 3.63) is 87.6 Å². The number of aryl methyl sites for hydroxylation is 1. The second-order valence-corrected chi connectivity index (χ2v) is 7.74. The van der Waals surface area contributed by atoms with E-state index in [0.717, 1.165) is 28.1 Å². The number of rotatable bonds is 6. The van der Waals surface area contributed by atoms with Crippen LogP contribution >= 0.6 is 11.6 Å². The van der Waals surface area contributed by atoms with Crippen LogP contribution in [-0.4, -0.2) is 25.3 Å². The maximum Gasteiger partial charge on any atom is 0.258 e. The molecule has 0 amide bonds. The SMILES string of the molecule is CC(O)Cc1nc2ccc(-n3ccc(OCc4ccc(Cl)cc4)cc3=O)cc2n1C. The van der Waals surface area contributed by atoms with Gasteiger partial charge in [-0.15, -0.1) is 0 Å². The molecule has 0 aliphatic heterocycles. The van der Waals surface area contributed by atoms with Gasteiger partial charge in [-0.1, -0.05) is 23.7 Å². The van der Waals surface area contributed by atoms with E-state index in [1.54, 1.807) is 35.9 Å². The normalized spacial score (nSPS) is 12.3. The number of nitrogens with zero attached hydrogens (tertiary/aromatic N) is 3. The lowest BCUT2D eigenvalue weighted by Crippen LogP contribution is -2.16. The minimum absolute atomic E-state index is 0.186. The first kappa shape index (κ1) is 20.2. The van der Waals surface area contributed by atoms with Gasteiger partial charge in [0.15, 0.2) is 0 Å². The minimum atomic E-state index is -0.469. The van der Waals surface area contributed by atoms with Crippen LogP contribution in [0.15, 0.2) is 65.6 Å².